The SMILES string of the molecule is Cl.O=C(CCC1CCNCC1)Nc1ccc(F)c(NC(=O)C2CCCCC2)c1. The number of amides is 2. The summed E-state index contributed by atoms with van der Waals surface area (Å²) in [5.74, 6) is -0.114. The van der Waals surface area contributed by atoms with Crippen LogP contribution in [0.25, 0.3) is 0 Å². The van der Waals surface area contributed by atoms with Crippen molar-refractivity contribution in [2.75, 3.05) is 23.7 Å². The van der Waals surface area contributed by atoms with Gasteiger partial charge in [0.25, 0.3) is 0 Å². The quantitative estimate of drug-likeness (QED) is 0.646. The van der Waals surface area contributed by atoms with Crippen molar-refractivity contribution in [1.29, 1.82) is 0 Å². The van der Waals surface area contributed by atoms with Crippen molar-refractivity contribution in [2.24, 2.45) is 11.8 Å². The molecular formula is C21H31ClFN3O2. The monoisotopic (exact) mass is 411 g/mol. The third kappa shape index (κ3) is 6.74. The maximum absolute atomic E-state index is 14.1. The average Bonchev–Trinajstić information content (AvgIpc) is 2.70. The number of anilines is 2. The minimum absolute atomic E-state index is 0. The van der Waals surface area contributed by atoms with Crippen molar-refractivity contribution in [3.8, 4) is 0 Å². The maximum Gasteiger partial charge on any atom is 0.227 e. The summed E-state index contributed by atoms with van der Waals surface area (Å²) in [5, 5.41) is 8.86. The van der Waals surface area contributed by atoms with Crippen molar-refractivity contribution >= 4 is 35.6 Å². The smallest absolute Gasteiger partial charge is 0.227 e. The summed E-state index contributed by atoms with van der Waals surface area (Å²) < 4.78 is 14.1. The van der Waals surface area contributed by atoms with E-state index in [-0.39, 0.29) is 35.8 Å². The Kier molecular flexibility index (Phi) is 9.19. The highest BCUT2D eigenvalue weighted by atomic mass is 35.5. The Hall–Kier alpha value is -1.66. The first-order valence-corrected chi connectivity index (χ1v) is 10.2. The Morgan fingerprint density at radius 3 is 2.46 bits per heavy atom. The Balaban J connectivity index is 0.00000280. The van der Waals surface area contributed by atoms with Crippen LogP contribution in [0.4, 0.5) is 15.8 Å². The van der Waals surface area contributed by atoms with Crippen LogP contribution >= 0.6 is 12.4 Å². The molecule has 3 rings (SSSR count). The number of halogens is 2. The molecule has 0 unspecified atom stereocenters. The number of nitrogens with one attached hydrogen (secondary N) is 3. The Morgan fingerprint density at radius 2 is 1.75 bits per heavy atom. The predicted octanol–water partition coefficient (Wildman–Crippen LogP) is 4.48. The number of carbonyl (C=O) groups is 2. The van der Waals surface area contributed by atoms with Crippen LogP contribution in [0.15, 0.2) is 18.2 Å². The third-order valence-corrected chi connectivity index (χ3v) is 5.72. The highest BCUT2D eigenvalue weighted by Crippen LogP contribution is 2.27. The van der Waals surface area contributed by atoms with Crippen molar-refractivity contribution in [2.45, 2.75) is 57.8 Å². The molecule has 2 aliphatic rings. The van der Waals surface area contributed by atoms with Gasteiger partial charge in [0, 0.05) is 18.0 Å². The lowest BCUT2D eigenvalue weighted by Gasteiger charge is -2.22. The topological polar surface area (TPSA) is 70.2 Å². The maximum atomic E-state index is 14.1. The van der Waals surface area contributed by atoms with Crippen LogP contribution in [0.2, 0.25) is 0 Å². The molecule has 1 aromatic rings. The summed E-state index contributed by atoms with van der Waals surface area (Å²) >= 11 is 0. The molecule has 3 N–H and O–H groups in total. The molecule has 1 saturated heterocycles. The summed E-state index contributed by atoms with van der Waals surface area (Å²) in [6.07, 6.45) is 8.55. The third-order valence-electron chi connectivity index (χ3n) is 5.72. The van der Waals surface area contributed by atoms with E-state index in [1.54, 1.807) is 0 Å². The van der Waals surface area contributed by atoms with Gasteiger partial charge in [0.2, 0.25) is 11.8 Å². The van der Waals surface area contributed by atoms with Crippen LogP contribution < -0.4 is 16.0 Å². The number of carbonyl (C=O) groups excluding carboxylic acids is 2. The molecular weight excluding hydrogens is 381 g/mol. The molecule has 0 bridgehead atoms. The molecule has 0 radical (unpaired) electrons. The van der Waals surface area contributed by atoms with Crippen LogP contribution in [0.5, 0.6) is 0 Å². The number of rotatable bonds is 6. The first-order valence-electron chi connectivity index (χ1n) is 10.2. The number of piperidine rings is 1. The first kappa shape index (κ1) is 22.6. The molecule has 5 nitrogen and oxygen atoms in total. The van der Waals surface area contributed by atoms with Crippen LogP contribution in [-0.2, 0) is 9.59 Å². The van der Waals surface area contributed by atoms with Crippen LogP contribution in [0, 0.1) is 17.7 Å². The highest BCUT2D eigenvalue weighted by molar-refractivity contribution is 5.95. The van der Waals surface area contributed by atoms with Crippen molar-refractivity contribution in [3.63, 3.8) is 0 Å². The molecule has 1 aliphatic heterocycles. The fourth-order valence-corrected chi connectivity index (χ4v) is 4.03. The number of hydrogen-bond donors (Lipinski definition) is 3. The lowest BCUT2D eigenvalue weighted by Crippen LogP contribution is -2.28. The summed E-state index contributed by atoms with van der Waals surface area (Å²) in [5.41, 5.74) is 0.660. The van der Waals surface area contributed by atoms with Gasteiger partial charge < -0.3 is 16.0 Å². The number of hydrogen-bond acceptors (Lipinski definition) is 3. The average molecular weight is 412 g/mol. The second kappa shape index (κ2) is 11.4. The Labute approximate surface area is 172 Å². The lowest BCUT2D eigenvalue weighted by molar-refractivity contribution is -0.120. The van der Waals surface area contributed by atoms with E-state index in [0.717, 1.165) is 64.5 Å². The van der Waals surface area contributed by atoms with Gasteiger partial charge in [-0.1, -0.05) is 19.3 Å². The molecule has 0 aromatic heterocycles. The van der Waals surface area contributed by atoms with E-state index < -0.39 is 5.82 Å². The van der Waals surface area contributed by atoms with Gasteiger partial charge in [-0.05, 0) is 69.3 Å². The molecule has 7 heteroatoms. The van der Waals surface area contributed by atoms with Gasteiger partial charge in [-0.2, -0.15) is 0 Å². The highest BCUT2D eigenvalue weighted by Gasteiger charge is 2.22. The molecule has 2 fully saturated rings. The first-order chi connectivity index (χ1) is 13.1. The van der Waals surface area contributed by atoms with Crippen LogP contribution in [-0.4, -0.2) is 24.9 Å². The molecule has 156 valence electrons. The van der Waals surface area contributed by atoms with E-state index in [4.69, 9.17) is 0 Å². The summed E-state index contributed by atoms with van der Waals surface area (Å²) in [6, 6.07) is 4.34. The second-order valence-corrected chi connectivity index (χ2v) is 7.80. The predicted molar refractivity (Wildman–Crippen MR) is 112 cm³/mol. The van der Waals surface area contributed by atoms with E-state index in [1.165, 1.54) is 18.2 Å². The largest absolute Gasteiger partial charge is 0.326 e. The van der Waals surface area contributed by atoms with E-state index in [2.05, 4.69) is 16.0 Å². The molecule has 1 aromatic carbocycles. The number of benzene rings is 1. The molecule has 1 aliphatic carbocycles. The van der Waals surface area contributed by atoms with Gasteiger partial charge in [-0.15, -0.1) is 12.4 Å². The van der Waals surface area contributed by atoms with E-state index in [1.807, 2.05) is 0 Å². The minimum atomic E-state index is -0.480. The molecule has 0 atom stereocenters. The van der Waals surface area contributed by atoms with Crippen LogP contribution in [0.3, 0.4) is 0 Å². The van der Waals surface area contributed by atoms with E-state index in [9.17, 15) is 14.0 Å². The van der Waals surface area contributed by atoms with Crippen molar-refractivity contribution < 1.29 is 14.0 Å². The molecule has 28 heavy (non-hydrogen) atoms. The zero-order valence-corrected chi connectivity index (χ0v) is 17.1. The molecule has 0 spiro atoms. The van der Waals surface area contributed by atoms with Crippen LogP contribution in [0.1, 0.15) is 57.8 Å². The Bertz CT molecular complexity index is 659. The summed E-state index contributed by atoms with van der Waals surface area (Å²) in [4.78, 5) is 24.6. The van der Waals surface area contributed by atoms with Gasteiger partial charge in [-0.25, -0.2) is 4.39 Å². The van der Waals surface area contributed by atoms with E-state index in [0.29, 0.717) is 18.0 Å². The van der Waals surface area contributed by atoms with E-state index >= 15 is 0 Å². The molecule has 1 saturated carbocycles. The van der Waals surface area contributed by atoms with Crippen molar-refractivity contribution in [1.82, 2.24) is 5.32 Å². The zero-order valence-electron chi connectivity index (χ0n) is 16.3. The molecule has 2 amide bonds. The van der Waals surface area contributed by atoms with Gasteiger partial charge in [0.05, 0.1) is 5.69 Å². The molecule has 1 heterocycles. The minimum Gasteiger partial charge on any atom is -0.326 e. The standard InChI is InChI=1S/C21H30FN3O2.ClH/c22-18-8-7-17(24-20(26)9-6-15-10-12-23-13-11-15)14-19(18)25-21(27)16-4-2-1-3-5-16;/h7-8,14-16,23H,1-6,9-13H2,(H,24,26)(H,25,27);1H. The zero-order chi connectivity index (χ0) is 19.1. The summed E-state index contributed by atoms with van der Waals surface area (Å²) in [6.45, 7) is 2.04. The van der Waals surface area contributed by atoms with Gasteiger partial charge in [0.15, 0.2) is 0 Å². The normalized spacial score (nSPS) is 18.2. The fourth-order valence-electron chi connectivity index (χ4n) is 4.03. The fraction of sp³-hybridized carbons (Fsp3) is 0.619. The lowest BCUT2D eigenvalue weighted by atomic mass is 9.88. The summed E-state index contributed by atoms with van der Waals surface area (Å²) in [7, 11) is 0. The Morgan fingerprint density at radius 1 is 1.04 bits per heavy atom. The second-order valence-electron chi connectivity index (χ2n) is 7.80. The van der Waals surface area contributed by atoms with Gasteiger partial charge in [-0.3, -0.25) is 9.59 Å². The van der Waals surface area contributed by atoms with Gasteiger partial charge in [0.1, 0.15) is 5.82 Å². The van der Waals surface area contributed by atoms with Crippen molar-refractivity contribution in [3.05, 3.63) is 24.0 Å². The van der Waals surface area contributed by atoms with Gasteiger partial charge >= 0.3 is 0 Å².